The first-order valence-corrected chi connectivity index (χ1v) is 7.62. The van der Waals surface area contributed by atoms with Crippen LogP contribution in [0.5, 0.6) is 0 Å². The highest BCUT2D eigenvalue weighted by Crippen LogP contribution is 2.24. The average Bonchev–Trinajstić information content (AvgIpc) is 2.82. The molecular formula is C16H23N3O. The highest BCUT2D eigenvalue weighted by atomic mass is 16.3. The minimum atomic E-state index is 0.734. The molecule has 0 spiro atoms. The standard InChI is InChI=1S/C16H23N3O/c1-2-3-12-6-8-19(9-7-12)11-16-18-14-10-13(17)4-5-15(14)20-16/h4-5,10,12H,2-3,6-9,11,17H2,1H3. The third-order valence-electron chi connectivity index (χ3n) is 4.22. The van der Waals surface area contributed by atoms with Crippen molar-refractivity contribution in [2.24, 2.45) is 5.92 Å². The van der Waals surface area contributed by atoms with Crippen LogP contribution in [0.1, 0.15) is 38.5 Å². The van der Waals surface area contributed by atoms with E-state index < -0.39 is 0 Å². The number of oxazole rings is 1. The van der Waals surface area contributed by atoms with E-state index in [2.05, 4.69) is 16.8 Å². The van der Waals surface area contributed by atoms with Crippen LogP contribution >= 0.6 is 0 Å². The Balaban J connectivity index is 1.62. The number of fused-ring (bicyclic) bond motifs is 1. The van der Waals surface area contributed by atoms with Gasteiger partial charge in [-0.1, -0.05) is 19.8 Å². The fourth-order valence-corrected chi connectivity index (χ4v) is 3.09. The molecule has 0 unspecified atom stereocenters. The second-order valence-corrected chi connectivity index (χ2v) is 5.84. The lowest BCUT2D eigenvalue weighted by Crippen LogP contribution is -2.33. The van der Waals surface area contributed by atoms with Gasteiger partial charge in [0, 0.05) is 5.69 Å². The number of likely N-dealkylation sites (tertiary alicyclic amines) is 1. The van der Waals surface area contributed by atoms with Crippen LogP contribution < -0.4 is 5.73 Å². The fraction of sp³-hybridized carbons (Fsp3) is 0.562. The quantitative estimate of drug-likeness (QED) is 0.867. The molecule has 4 heteroatoms. The van der Waals surface area contributed by atoms with Crippen molar-refractivity contribution in [3.8, 4) is 0 Å². The van der Waals surface area contributed by atoms with Crippen LogP contribution in [0.3, 0.4) is 0 Å². The van der Waals surface area contributed by atoms with Crippen LogP contribution in [0, 0.1) is 5.92 Å². The van der Waals surface area contributed by atoms with Crippen LogP contribution in [-0.2, 0) is 6.54 Å². The Morgan fingerprint density at radius 3 is 2.90 bits per heavy atom. The maximum atomic E-state index is 5.79. The van der Waals surface area contributed by atoms with E-state index >= 15 is 0 Å². The molecule has 4 nitrogen and oxygen atoms in total. The van der Waals surface area contributed by atoms with Gasteiger partial charge in [0.25, 0.3) is 0 Å². The number of benzene rings is 1. The zero-order valence-electron chi connectivity index (χ0n) is 12.1. The maximum Gasteiger partial charge on any atom is 0.209 e. The largest absolute Gasteiger partial charge is 0.439 e. The average molecular weight is 273 g/mol. The van der Waals surface area contributed by atoms with Crippen molar-refractivity contribution in [1.82, 2.24) is 9.88 Å². The number of nitrogen functional groups attached to an aromatic ring is 1. The predicted octanol–water partition coefficient (Wildman–Crippen LogP) is 3.42. The van der Waals surface area contributed by atoms with Crippen molar-refractivity contribution >= 4 is 16.8 Å². The van der Waals surface area contributed by atoms with Gasteiger partial charge >= 0.3 is 0 Å². The van der Waals surface area contributed by atoms with Crippen LogP contribution in [0.4, 0.5) is 5.69 Å². The van der Waals surface area contributed by atoms with Crippen molar-refractivity contribution in [3.05, 3.63) is 24.1 Å². The summed E-state index contributed by atoms with van der Waals surface area (Å²) >= 11 is 0. The zero-order chi connectivity index (χ0) is 13.9. The first-order valence-electron chi connectivity index (χ1n) is 7.62. The number of anilines is 1. The van der Waals surface area contributed by atoms with Crippen LogP contribution in [0.25, 0.3) is 11.1 Å². The fourth-order valence-electron chi connectivity index (χ4n) is 3.09. The highest BCUT2D eigenvalue weighted by molar-refractivity contribution is 5.76. The zero-order valence-corrected chi connectivity index (χ0v) is 12.1. The lowest BCUT2D eigenvalue weighted by molar-refractivity contribution is 0.160. The molecule has 2 N–H and O–H groups in total. The molecular weight excluding hydrogens is 250 g/mol. The summed E-state index contributed by atoms with van der Waals surface area (Å²) in [6.45, 7) is 5.40. The van der Waals surface area contributed by atoms with Gasteiger partial charge in [-0.05, 0) is 50.0 Å². The Morgan fingerprint density at radius 2 is 2.15 bits per heavy atom. The molecule has 1 fully saturated rings. The molecule has 1 aliphatic heterocycles. The molecule has 0 saturated carbocycles. The number of piperidine rings is 1. The van der Waals surface area contributed by atoms with Crippen LogP contribution in [0.2, 0.25) is 0 Å². The summed E-state index contributed by atoms with van der Waals surface area (Å²) in [5.74, 6) is 1.72. The minimum Gasteiger partial charge on any atom is -0.439 e. The topological polar surface area (TPSA) is 55.3 Å². The van der Waals surface area contributed by atoms with Gasteiger partial charge in [-0.3, -0.25) is 4.90 Å². The minimum absolute atomic E-state index is 0.734. The Bertz CT molecular complexity index is 570. The molecule has 1 aliphatic rings. The predicted molar refractivity (Wildman–Crippen MR) is 81.3 cm³/mol. The van der Waals surface area contributed by atoms with Crippen molar-refractivity contribution in [2.45, 2.75) is 39.2 Å². The molecule has 3 rings (SSSR count). The summed E-state index contributed by atoms with van der Waals surface area (Å²) in [5, 5.41) is 0. The van der Waals surface area contributed by atoms with E-state index in [-0.39, 0.29) is 0 Å². The molecule has 0 aliphatic carbocycles. The van der Waals surface area contributed by atoms with E-state index in [0.29, 0.717) is 0 Å². The number of hydrogen-bond donors (Lipinski definition) is 1. The summed E-state index contributed by atoms with van der Waals surface area (Å²) in [5.41, 5.74) is 8.19. The number of hydrogen-bond acceptors (Lipinski definition) is 4. The third kappa shape index (κ3) is 2.96. The Hall–Kier alpha value is -1.55. The molecule has 0 bridgehead atoms. The second-order valence-electron chi connectivity index (χ2n) is 5.84. The molecule has 108 valence electrons. The van der Waals surface area contributed by atoms with E-state index in [1.807, 2.05) is 18.2 Å². The number of aromatic nitrogens is 1. The van der Waals surface area contributed by atoms with Gasteiger partial charge in [0.05, 0.1) is 6.54 Å². The lowest BCUT2D eigenvalue weighted by Gasteiger charge is -2.30. The smallest absolute Gasteiger partial charge is 0.209 e. The lowest BCUT2D eigenvalue weighted by atomic mass is 9.92. The van der Waals surface area contributed by atoms with Gasteiger partial charge < -0.3 is 10.2 Å². The normalized spacial score (nSPS) is 17.9. The third-order valence-corrected chi connectivity index (χ3v) is 4.22. The first kappa shape index (κ1) is 13.4. The summed E-state index contributed by atoms with van der Waals surface area (Å²) in [6.07, 6.45) is 5.29. The maximum absolute atomic E-state index is 5.79. The van der Waals surface area contributed by atoms with Crippen LogP contribution in [0.15, 0.2) is 22.6 Å². The molecule has 1 saturated heterocycles. The Kier molecular flexibility index (Phi) is 3.92. The van der Waals surface area contributed by atoms with Crippen molar-refractivity contribution in [1.29, 1.82) is 0 Å². The SMILES string of the molecule is CCCC1CCN(Cc2nc3cc(N)ccc3o2)CC1. The van der Waals surface area contributed by atoms with Crippen molar-refractivity contribution in [2.75, 3.05) is 18.8 Å². The Labute approximate surface area is 120 Å². The highest BCUT2D eigenvalue weighted by Gasteiger charge is 2.20. The molecule has 0 amide bonds. The van der Waals surface area contributed by atoms with Gasteiger partial charge in [0.1, 0.15) is 5.52 Å². The monoisotopic (exact) mass is 273 g/mol. The molecule has 1 aromatic heterocycles. The summed E-state index contributed by atoms with van der Waals surface area (Å²) < 4.78 is 5.79. The number of rotatable bonds is 4. The second kappa shape index (κ2) is 5.83. The van der Waals surface area contributed by atoms with E-state index in [9.17, 15) is 0 Å². The Morgan fingerprint density at radius 1 is 1.35 bits per heavy atom. The van der Waals surface area contributed by atoms with E-state index in [1.165, 1.54) is 25.7 Å². The van der Waals surface area contributed by atoms with Gasteiger partial charge in [-0.15, -0.1) is 0 Å². The molecule has 2 heterocycles. The molecule has 0 atom stereocenters. The van der Waals surface area contributed by atoms with Gasteiger partial charge in [-0.2, -0.15) is 0 Å². The molecule has 0 radical (unpaired) electrons. The van der Waals surface area contributed by atoms with Gasteiger partial charge in [0.2, 0.25) is 5.89 Å². The van der Waals surface area contributed by atoms with E-state index in [4.69, 9.17) is 10.2 Å². The molecule has 1 aromatic carbocycles. The first-order chi connectivity index (χ1) is 9.74. The number of nitrogens with two attached hydrogens (primary N) is 1. The molecule has 20 heavy (non-hydrogen) atoms. The number of nitrogens with zero attached hydrogens (tertiary/aromatic N) is 2. The van der Waals surface area contributed by atoms with Gasteiger partial charge in [-0.25, -0.2) is 4.98 Å². The van der Waals surface area contributed by atoms with Gasteiger partial charge in [0.15, 0.2) is 5.58 Å². The summed E-state index contributed by atoms with van der Waals surface area (Å²) in [6, 6.07) is 5.62. The van der Waals surface area contributed by atoms with E-state index in [0.717, 1.165) is 48.2 Å². The summed E-state index contributed by atoms with van der Waals surface area (Å²) in [7, 11) is 0. The molecule has 2 aromatic rings. The van der Waals surface area contributed by atoms with E-state index in [1.54, 1.807) is 0 Å². The summed E-state index contributed by atoms with van der Waals surface area (Å²) in [4.78, 5) is 6.98. The van der Waals surface area contributed by atoms with Crippen molar-refractivity contribution in [3.63, 3.8) is 0 Å². The van der Waals surface area contributed by atoms with Crippen molar-refractivity contribution < 1.29 is 4.42 Å². The van der Waals surface area contributed by atoms with Crippen LogP contribution in [-0.4, -0.2) is 23.0 Å².